The summed E-state index contributed by atoms with van der Waals surface area (Å²) in [5.41, 5.74) is 2.19. The zero-order valence-electron chi connectivity index (χ0n) is 6.44. The molecule has 57 valence electrons. The van der Waals surface area contributed by atoms with E-state index in [1.165, 1.54) is 0 Å². The molecule has 2 rings (SSSR count). The minimum Gasteiger partial charge on any atom is -0.264 e. The third kappa shape index (κ3) is 1.32. The third-order valence-corrected chi connectivity index (χ3v) is 1.62. The van der Waals surface area contributed by atoms with Gasteiger partial charge < -0.3 is 0 Å². The van der Waals surface area contributed by atoms with E-state index in [9.17, 15) is 0 Å². The minimum absolute atomic E-state index is 1.09. The van der Waals surface area contributed by atoms with E-state index < -0.39 is 0 Å². The van der Waals surface area contributed by atoms with Crippen molar-refractivity contribution in [2.24, 2.45) is 0 Å². The zero-order chi connectivity index (χ0) is 8.23. The third-order valence-electron chi connectivity index (χ3n) is 1.62. The Morgan fingerprint density at radius 1 is 1.08 bits per heavy atom. The van der Waals surface area contributed by atoms with Crippen molar-refractivity contribution in [2.75, 3.05) is 0 Å². The molecule has 12 heavy (non-hydrogen) atoms. The van der Waals surface area contributed by atoms with Crippen LogP contribution in [0, 0.1) is 6.20 Å². The monoisotopic (exact) mass is 155 g/mol. The van der Waals surface area contributed by atoms with Crippen LogP contribution in [0.3, 0.4) is 0 Å². The van der Waals surface area contributed by atoms with E-state index in [0.717, 1.165) is 11.1 Å². The van der Waals surface area contributed by atoms with Crippen molar-refractivity contribution in [3.63, 3.8) is 0 Å². The van der Waals surface area contributed by atoms with E-state index in [2.05, 4.69) is 16.2 Å². The summed E-state index contributed by atoms with van der Waals surface area (Å²) in [7, 11) is 0. The van der Waals surface area contributed by atoms with Crippen LogP contribution < -0.4 is 0 Å². The van der Waals surface area contributed by atoms with Gasteiger partial charge >= 0.3 is 0 Å². The van der Waals surface area contributed by atoms with Gasteiger partial charge in [0.15, 0.2) is 0 Å². The predicted octanol–water partition coefficient (Wildman–Crippen LogP) is 1.94. The second-order valence-corrected chi connectivity index (χ2v) is 2.42. The fraction of sp³-hybridized carbons (Fsp3) is 0. The zero-order valence-corrected chi connectivity index (χ0v) is 6.44. The van der Waals surface area contributed by atoms with Crippen molar-refractivity contribution >= 4 is 0 Å². The highest BCUT2D eigenvalue weighted by atomic mass is 14.6. The van der Waals surface area contributed by atoms with Gasteiger partial charge in [-0.15, -0.1) is 0 Å². The molecule has 0 N–H and O–H groups in total. The molecule has 2 heterocycles. The first-order chi connectivity index (χ1) is 5.97. The molecule has 2 aromatic rings. The van der Waals surface area contributed by atoms with Gasteiger partial charge in [0.25, 0.3) is 0 Å². The van der Waals surface area contributed by atoms with E-state index in [4.69, 9.17) is 0 Å². The Bertz CT molecular complexity index is 305. The highest BCUT2D eigenvalue weighted by Crippen LogP contribution is 2.15. The summed E-state index contributed by atoms with van der Waals surface area (Å²) in [5.74, 6) is 0. The van der Waals surface area contributed by atoms with Gasteiger partial charge in [0, 0.05) is 24.2 Å². The summed E-state index contributed by atoms with van der Waals surface area (Å²) in [6.45, 7) is 0. The van der Waals surface area contributed by atoms with Crippen LogP contribution in [-0.2, 0) is 0 Å². The Morgan fingerprint density at radius 2 is 2.08 bits per heavy atom. The fourth-order valence-corrected chi connectivity index (χ4v) is 1.03. The lowest BCUT2D eigenvalue weighted by Crippen LogP contribution is -1.78. The van der Waals surface area contributed by atoms with E-state index >= 15 is 0 Å². The lowest BCUT2D eigenvalue weighted by molar-refractivity contribution is 1.29. The summed E-state index contributed by atoms with van der Waals surface area (Å²) in [6, 6.07) is 7.70. The molecule has 0 saturated carbocycles. The van der Waals surface area contributed by atoms with Crippen molar-refractivity contribution in [1.82, 2.24) is 9.97 Å². The molecule has 0 fully saturated rings. The van der Waals surface area contributed by atoms with Crippen molar-refractivity contribution in [1.29, 1.82) is 0 Å². The number of pyridine rings is 2. The largest absolute Gasteiger partial charge is 0.264 e. The first kappa shape index (κ1) is 6.98. The molecule has 0 unspecified atom stereocenters. The maximum atomic E-state index is 4.03. The summed E-state index contributed by atoms with van der Waals surface area (Å²) < 4.78 is 0. The average molecular weight is 155 g/mol. The molecule has 0 aromatic carbocycles. The Kier molecular flexibility index (Phi) is 1.82. The molecule has 0 saturated heterocycles. The SMILES string of the molecule is [c]1cc(-c2cccnc2)ccn1. The topological polar surface area (TPSA) is 25.8 Å². The van der Waals surface area contributed by atoms with E-state index in [-0.39, 0.29) is 0 Å². The highest BCUT2D eigenvalue weighted by Gasteiger charge is 1.93. The Morgan fingerprint density at radius 3 is 2.75 bits per heavy atom. The molecule has 0 atom stereocenters. The van der Waals surface area contributed by atoms with Gasteiger partial charge in [-0.2, -0.15) is 0 Å². The second-order valence-electron chi connectivity index (χ2n) is 2.42. The van der Waals surface area contributed by atoms with Crippen molar-refractivity contribution in [3.05, 3.63) is 49.1 Å². The van der Waals surface area contributed by atoms with Crippen LogP contribution in [0.25, 0.3) is 11.1 Å². The molecular formula is C10H7N2. The molecule has 0 aliphatic rings. The molecule has 0 aliphatic heterocycles. The van der Waals surface area contributed by atoms with Crippen molar-refractivity contribution in [3.8, 4) is 11.1 Å². The van der Waals surface area contributed by atoms with Crippen LogP contribution in [0.4, 0.5) is 0 Å². The number of rotatable bonds is 1. The van der Waals surface area contributed by atoms with Gasteiger partial charge in [0.2, 0.25) is 0 Å². The normalized spacial score (nSPS) is 9.67. The summed E-state index contributed by atoms with van der Waals surface area (Å²) in [5, 5.41) is 0. The molecule has 0 bridgehead atoms. The Hall–Kier alpha value is -1.70. The quantitative estimate of drug-likeness (QED) is 0.629. The first-order valence-electron chi connectivity index (χ1n) is 3.69. The second kappa shape index (κ2) is 3.13. The molecular weight excluding hydrogens is 148 g/mol. The van der Waals surface area contributed by atoms with E-state index in [0.29, 0.717) is 0 Å². The lowest BCUT2D eigenvalue weighted by atomic mass is 10.1. The number of aromatic nitrogens is 2. The van der Waals surface area contributed by atoms with Crippen LogP contribution in [0.5, 0.6) is 0 Å². The van der Waals surface area contributed by atoms with Crippen LogP contribution in [0.2, 0.25) is 0 Å². The molecule has 2 heteroatoms. The highest BCUT2D eigenvalue weighted by molar-refractivity contribution is 5.60. The molecule has 2 nitrogen and oxygen atoms in total. The molecule has 0 amide bonds. The number of hydrogen-bond donors (Lipinski definition) is 0. The smallest absolute Gasteiger partial charge is 0.0892 e. The van der Waals surface area contributed by atoms with Gasteiger partial charge in [-0.05, 0) is 23.8 Å². The fourth-order valence-electron chi connectivity index (χ4n) is 1.03. The molecule has 2 aromatic heterocycles. The van der Waals surface area contributed by atoms with Gasteiger partial charge in [-0.25, -0.2) is 0 Å². The van der Waals surface area contributed by atoms with Gasteiger partial charge in [-0.1, -0.05) is 6.07 Å². The maximum absolute atomic E-state index is 4.03. The lowest BCUT2D eigenvalue weighted by Gasteiger charge is -1.97. The molecule has 0 aliphatic carbocycles. The average Bonchev–Trinajstić information content (AvgIpc) is 2.21. The van der Waals surface area contributed by atoms with Crippen LogP contribution >= 0.6 is 0 Å². The predicted molar refractivity (Wildman–Crippen MR) is 46.3 cm³/mol. The number of hydrogen-bond acceptors (Lipinski definition) is 2. The summed E-state index contributed by atoms with van der Waals surface area (Å²) in [6.07, 6.45) is 8.09. The molecule has 1 radical (unpaired) electrons. The Balaban J connectivity index is 2.46. The van der Waals surface area contributed by atoms with Crippen LogP contribution in [0.1, 0.15) is 0 Å². The number of nitrogens with zero attached hydrogens (tertiary/aromatic N) is 2. The Labute approximate surface area is 70.9 Å². The van der Waals surface area contributed by atoms with Crippen LogP contribution in [-0.4, -0.2) is 9.97 Å². The van der Waals surface area contributed by atoms with Crippen molar-refractivity contribution in [2.45, 2.75) is 0 Å². The standard InChI is InChI=1S/C10H7N2/c1-2-10(8-12-5-1)9-3-6-11-7-4-9/h1-6,8H. The van der Waals surface area contributed by atoms with Gasteiger partial charge in [-0.3, -0.25) is 9.97 Å². The van der Waals surface area contributed by atoms with Crippen molar-refractivity contribution < 1.29 is 0 Å². The van der Waals surface area contributed by atoms with E-state index in [1.54, 1.807) is 12.4 Å². The van der Waals surface area contributed by atoms with Gasteiger partial charge in [0.05, 0.1) is 6.20 Å². The summed E-state index contributed by atoms with van der Waals surface area (Å²) >= 11 is 0. The van der Waals surface area contributed by atoms with Crippen LogP contribution in [0.15, 0.2) is 42.9 Å². The molecule has 0 spiro atoms. The maximum Gasteiger partial charge on any atom is 0.0892 e. The van der Waals surface area contributed by atoms with Gasteiger partial charge in [0.1, 0.15) is 0 Å². The first-order valence-corrected chi connectivity index (χ1v) is 3.69. The van der Waals surface area contributed by atoms with E-state index in [1.807, 2.05) is 30.5 Å². The minimum atomic E-state index is 1.09. The summed E-state index contributed by atoms with van der Waals surface area (Å²) in [4.78, 5) is 7.85.